The van der Waals surface area contributed by atoms with Crippen LogP contribution >= 0.6 is 0 Å². The minimum absolute atomic E-state index is 0.0939. The standard InChI is InChI=1S/C9H15NO2/c1-7(2)9(12)10(4)6-5-8(3)11/h1,5-6H2,2-4H3. The molecular formula is C9H15NO2. The van der Waals surface area contributed by atoms with Crippen LogP contribution in [-0.4, -0.2) is 30.2 Å². The van der Waals surface area contributed by atoms with Crippen molar-refractivity contribution in [2.45, 2.75) is 20.3 Å². The van der Waals surface area contributed by atoms with E-state index in [0.717, 1.165) is 0 Å². The molecule has 0 radical (unpaired) electrons. The zero-order valence-corrected chi connectivity index (χ0v) is 7.89. The largest absolute Gasteiger partial charge is 0.342 e. The van der Waals surface area contributed by atoms with Gasteiger partial charge in [0.1, 0.15) is 5.78 Å². The van der Waals surface area contributed by atoms with Crippen molar-refractivity contribution < 1.29 is 9.59 Å². The molecule has 0 aromatic rings. The number of rotatable bonds is 4. The van der Waals surface area contributed by atoms with Gasteiger partial charge in [-0.15, -0.1) is 0 Å². The summed E-state index contributed by atoms with van der Waals surface area (Å²) in [5, 5.41) is 0. The summed E-state index contributed by atoms with van der Waals surface area (Å²) in [4.78, 5) is 23.3. The first-order valence-corrected chi connectivity index (χ1v) is 3.85. The van der Waals surface area contributed by atoms with Crippen molar-refractivity contribution in [3.8, 4) is 0 Å². The lowest BCUT2D eigenvalue weighted by molar-refractivity contribution is -0.126. The van der Waals surface area contributed by atoms with Gasteiger partial charge in [0.15, 0.2) is 0 Å². The average molecular weight is 169 g/mol. The van der Waals surface area contributed by atoms with E-state index in [9.17, 15) is 9.59 Å². The van der Waals surface area contributed by atoms with Gasteiger partial charge in [-0.2, -0.15) is 0 Å². The van der Waals surface area contributed by atoms with Crippen LogP contribution in [0.2, 0.25) is 0 Å². The molecule has 0 unspecified atom stereocenters. The molecule has 3 nitrogen and oxygen atoms in total. The van der Waals surface area contributed by atoms with E-state index in [-0.39, 0.29) is 11.7 Å². The van der Waals surface area contributed by atoms with Crippen LogP contribution in [0.4, 0.5) is 0 Å². The minimum Gasteiger partial charge on any atom is -0.342 e. The predicted octanol–water partition coefficient (Wildman–Crippen LogP) is 1.00. The molecule has 0 heterocycles. The summed E-state index contributed by atoms with van der Waals surface area (Å²) in [5.41, 5.74) is 0.501. The molecule has 0 saturated carbocycles. The monoisotopic (exact) mass is 169 g/mol. The van der Waals surface area contributed by atoms with Crippen molar-refractivity contribution in [1.82, 2.24) is 4.90 Å². The van der Waals surface area contributed by atoms with E-state index in [1.54, 1.807) is 14.0 Å². The van der Waals surface area contributed by atoms with Gasteiger partial charge in [-0.1, -0.05) is 6.58 Å². The van der Waals surface area contributed by atoms with Gasteiger partial charge in [0.05, 0.1) is 0 Å². The number of ketones is 1. The quantitative estimate of drug-likeness (QED) is 0.589. The van der Waals surface area contributed by atoms with E-state index in [1.807, 2.05) is 0 Å². The van der Waals surface area contributed by atoms with E-state index in [4.69, 9.17) is 0 Å². The summed E-state index contributed by atoms with van der Waals surface area (Å²) in [5.74, 6) is -0.00684. The Balaban J connectivity index is 3.87. The topological polar surface area (TPSA) is 37.4 Å². The van der Waals surface area contributed by atoms with Crippen molar-refractivity contribution in [3.05, 3.63) is 12.2 Å². The first-order chi connectivity index (χ1) is 5.45. The number of Topliss-reactive ketones (excluding diaryl/α,β-unsaturated/α-hetero) is 1. The van der Waals surface area contributed by atoms with Crippen LogP contribution in [0.25, 0.3) is 0 Å². The average Bonchev–Trinajstić information content (AvgIpc) is 1.98. The summed E-state index contributed by atoms with van der Waals surface area (Å²) in [6.45, 7) is 7.17. The summed E-state index contributed by atoms with van der Waals surface area (Å²) in [7, 11) is 1.67. The third-order valence-electron chi connectivity index (χ3n) is 1.51. The second kappa shape index (κ2) is 4.70. The molecule has 0 aromatic heterocycles. The molecule has 0 aliphatic carbocycles. The summed E-state index contributed by atoms with van der Waals surface area (Å²) < 4.78 is 0. The van der Waals surface area contributed by atoms with E-state index in [1.165, 1.54) is 11.8 Å². The molecular weight excluding hydrogens is 154 g/mol. The van der Waals surface area contributed by atoms with Crippen molar-refractivity contribution in [2.24, 2.45) is 0 Å². The zero-order valence-electron chi connectivity index (χ0n) is 7.89. The molecule has 0 bridgehead atoms. The number of carbonyl (C=O) groups excluding carboxylic acids is 2. The highest BCUT2D eigenvalue weighted by molar-refractivity contribution is 5.92. The Morgan fingerprint density at radius 3 is 2.17 bits per heavy atom. The maximum atomic E-state index is 11.2. The van der Waals surface area contributed by atoms with Crippen molar-refractivity contribution in [2.75, 3.05) is 13.6 Å². The highest BCUT2D eigenvalue weighted by Gasteiger charge is 2.08. The van der Waals surface area contributed by atoms with E-state index < -0.39 is 0 Å². The van der Waals surface area contributed by atoms with Gasteiger partial charge in [-0.3, -0.25) is 9.59 Å². The number of hydrogen-bond donors (Lipinski definition) is 0. The van der Waals surface area contributed by atoms with E-state index >= 15 is 0 Å². The van der Waals surface area contributed by atoms with Crippen LogP contribution in [0.15, 0.2) is 12.2 Å². The molecule has 0 spiro atoms. The van der Waals surface area contributed by atoms with Gasteiger partial charge in [0, 0.05) is 25.6 Å². The van der Waals surface area contributed by atoms with Crippen molar-refractivity contribution in [3.63, 3.8) is 0 Å². The Morgan fingerprint density at radius 2 is 1.83 bits per heavy atom. The Morgan fingerprint density at radius 1 is 1.33 bits per heavy atom. The molecule has 0 aliphatic rings. The molecule has 0 N–H and O–H groups in total. The van der Waals surface area contributed by atoms with E-state index in [2.05, 4.69) is 6.58 Å². The zero-order chi connectivity index (χ0) is 9.72. The highest BCUT2D eigenvalue weighted by Crippen LogP contribution is 1.96. The van der Waals surface area contributed by atoms with Gasteiger partial charge < -0.3 is 4.90 Å². The van der Waals surface area contributed by atoms with Crippen LogP contribution in [0.1, 0.15) is 20.3 Å². The van der Waals surface area contributed by atoms with Crippen LogP contribution in [0, 0.1) is 0 Å². The first kappa shape index (κ1) is 10.9. The Kier molecular flexibility index (Phi) is 4.26. The van der Waals surface area contributed by atoms with Crippen LogP contribution in [0.3, 0.4) is 0 Å². The second-order valence-corrected chi connectivity index (χ2v) is 2.96. The Hall–Kier alpha value is -1.12. The smallest absolute Gasteiger partial charge is 0.248 e. The Bertz CT molecular complexity index is 209. The van der Waals surface area contributed by atoms with Gasteiger partial charge in [0.2, 0.25) is 5.91 Å². The SMILES string of the molecule is C=C(C)C(=O)N(C)CCC(C)=O. The molecule has 0 atom stereocenters. The minimum atomic E-state index is -0.101. The van der Waals surface area contributed by atoms with Gasteiger partial charge in [-0.05, 0) is 13.8 Å². The molecule has 0 aliphatic heterocycles. The molecule has 1 amide bonds. The third-order valence-corrected chi connectivity index (χ3v) is 1.51. The Labute approximate surface area is 73.1 Å². The molecule has 0 saturated heterocycles. The second-order valence-electron chi connectivity index (χ2n) is 2.96. The lowest BCUT2D eigenvalue weighted by Gasteiger charge is -2.15. The van der Waals surface area contributed by atoms with Gasteiger partial charge in [0.25, 0.3) is 0 Å². The van der Waals surface area contributed by atoms with Crippen molar-refractivity contribution in [1.29, 1.82) is 0 Å². The molecule has 3 heteroatoms. The summed E-state index contributed by atoms with van der Waals surface area (Å²) in [6, 6.07) is 0. The summed E-state index contributed by atoms with van der Waals surface area (Å²) >= 11 is 0. The van der Waals surface area contributed by atoms with Gasteiger partial charge >= 0.3 is 0 Å². The molecule has 0 rings (SSSR count). The van der Waals surface area contributed by atoms with Gasteiger partial charge in [-0.25, -0.2) is 0 Å². The number of amides is 1. The fourth-order valence-electron chi connectivity index (χ4n) is 0.753. The van der Waals surface area contributed by atoms with Crippen LogP contribution < -0.4 is 0 Å². The van der Waals surface area contributed by atoms with Crippen molar-refractivity contribution >= 4 is 11.7 Å². The lowest BCUT2D eigenvalue weighted by atomic mass is 10.2. The van der Waals surface area contributed by atoms with E-state index in [0.29, 0.717) is 18.5 Å². The maximum Gasteiger partial charge on any atom is 0.248 e. The fraction of sp³-hybridized carbons (Fsp3) is 0.556. The van der Waals surface area contributed by atoms with Crippen LogP contribution in [-0.2, 0) is 9.59 Å². The summed E-state index contributed by atoms with van der Waals surface area (Å²) in [6.07, 6.45) is 0.412. The number of carbonyl (C=O) groups is 2. The number of likely N-dealkylation sites (N-methyl/N-ethyl adjacent to an activating group) is 1. The third kappa shape index (κ3) is 3.91. The molecule has 12 heavy (non-hydrogen) atoms. The fourth-order valence-corrected chi connectivity index (χ4v) is 0.753. The van der Waals surface area contributed by atoms with Crippen LogP contribution in [0.5, 0.6) is 0 Å². The number of hydrogen-bond acceptors (Lipinski definition) is 2. The molecule has 0 aromatic carbocycles. The first-order valence-electron chi connectivity index (χ1n) is 3.85. The normalized spacial score (nSPS) is 9.25. The molecule has 0 fully saturated rings. The maximum absolute atomic E-state index is 11.2. The predicted molar refractivity (Wildman–Crippen MR) is 47.7 cm³/mol. The highest BCUT2D eigenvalue weighted by atomic mass is 16.2. The number of nitrogens with zero attached hydrogens (tertiary/aromatic N) is 1. The lowest BCUT2D eigenvalue weighted by Crippen LogP contribution is -2.28. The molecule has 68 valence electrons.